The van der Waals surface area contributed by atoms with Gasteiger partial charge < -0.3 is 9.51 Å². The number of hydrogen-bond acceptors (Lipinski definition) is 5. The number of likely N-dealkylation sites (tertiary alicyclic amines) is 1. The Kier molecular flexibility index (Phi) is 4.64. The number of aromatic nitrogens is 4. The number of benzene rings is 1. The molecule has 0 amide bonds. The summed E-state index contributed by atoms with van der Waals surface area (Å²) in [5.74, 6) is 1.41. The predicted octanol–water partition coefficient (Wildman–Crippen LogP) is 4.29. The lowest BCUT2D eigenvalue weighted by molar-refractivity contribution is 0.316. The molecule has 1 N–H and O–H groups in total. The largest absolute Gasteiger partial charge is 0.361 e. The number of fused-ring (bicyclic) bond motifs is 1. The van der Waals surface area contributed by atoms with Crippen molar-refractivity contribution in [3.05, 3.63) is 65.6 Å². The summed E-state index contributed by atoms with van der Waals surface area (Å²) in [4.78, 5) is 15.1. The molecule has 6 heteroatoms. The average molecular weight is 387 g/mol. The minimum absolute atomic E-state index is 0.628. The molecule has 0 radical (unpaired) electrons. The van der Waals surface area contributed by atoms with Gasteiger partial charge >= 0.3 is 0 Å². The van der Waals surface area contributed by atoms with Crippen LogP contribution in [-0.4, -0.2) is 38.1 Å². The second-order valence-corrected chi connectivity index (χ2v) is 8.09. The molecule has 1 aromatic carbocycles. The van der Waals surface area contributed by atoms with Crippen molar-refractivity contribution < 1.29 is 4.52 Å². The molecule has 1 aliphatic rings. The van der Waals surface area contributed by atoms with Gasteiger partial charge in [0.1, 0.15) is 5.76 Å². The normalized spacial score (nSPS) is 17.4. The van der Waals surface area contributed by atoms with Gasteiger partial charge in [-0.05, 0) is 62.2 Å². The number of aryl methyl sites for hydroxylation is 2. The van der Waals surface area contributed by atoms with Gasteiger partial charge in [-0.15, -0.1) is 0 Å². The van der Waals surface area contributed by atoms with Crippen LogP contribution >= 0.6 is 0 Å². The summed E-state index contributed by atoms with van der Waals surface area (Å²) >= 11 is 0. The van der Waals surface area contributed by atoms with Crippen molar-refractivity contribution >= 4 is 10.9 Å². The van der Waals surface area contributed by atoms with Crippen molar-refractivity contribution in [3.8, 4) is 11.3 Å². The predicted molar refractivity (Wildman–Crippen MR) is 112 cm³/mol. The van der Waals surface area contributed by atoms with Crippen LogP contribution in [0.3, 0.4) is 0 Å². The van der Waals surface area contributed by atoms with E-state index in [0.29, 0.717) is 5.92 Å². The summed E-state index contributed by atoms with van der Waals surface area (Å²) in [6.45, 7) is 7.09. The molecule has 4 heterocycles. The van der Waals surface area contributed by atoms with E-state index in [4.69, 9.17) is 4.52 Å². The molecule has 0 aliphatic carbocycles. The van der Waals surface area contributed by atoms with Crippen LogP contribution < -0.4 is 0 Å². The highest BCUT2D eigenvalue weighted by Crippen LogP contribution is 2.26. The molecule has 0 spiro atoms. The summed E-state index contributed by atoms with van der Waals surface area (Å²) < 4.78 is 5.24. The molecule has 1 fully saturated rings. The van der Waals surface area contributed by atoms with Crippen molar-refractivity contribution in [3.63, 3.8) is 0 Å². The molecule has 3 aromatic heterocycles. The zero-order valence-corrected chi connectivity index (χ0v) is 16.9. The van der Waals surface area contributed by atoms with Gasteiger partial charge in [0, 0.05) is 31.0 Å². The van der Waals surface area contributed by atoms with Crippen LogP contribution in [0.15, 0.2) is 47.4 Å². The summed E-state index contributed by atoms with van der Waals surface area (Å²) in [5.41, 5.74) is 6.28. The van der Waals surface area contributed by atoms with Gasteiger partial charge in [-0.3, -0.25) is 14.9 Å². The van der Waals surface area contributed by atoms with Crippen LogP contribution in [-0.2, 0) is 13.0 Å². The van der Waals surface area contributed by atoms with Crippen LogP contribution in [0.5, 0.6) is 0 Å². The summed E-state index contributed by atoms with van der Waals surface area (Å²) in [5, 5.41) is 5.27. The number of H-pyrrole nitrogens is 1. The Bertz CT molecular complexity index is 1110. The maximum atomic E-state index is 5.24. The topological polar surface area (TPSA) is 70.8 Å². The third-order valence-corrected chi connectivity index (χ3v) is 5.89. The fourth-order valence-electron chi connectivity index (χ4n) is 4.41. The highest BCUT2D eigenvalue weighted by molar-refractivity contribution is 5.79. The Labute approximate surface area is 170 Å². The fourth-order valence-corrected chi connectivity index (χ4v) is 4.41. The van der Waals surface area contributed by atoms with E-state index in [9.17, 15) is 0 Å². The van der Waals surface area contributed by atoms with E-state index >= 15 is 0 Å². The van der Waals surface area contributed by atoms with E-state index in [1.807, 2.05) is 32.4 Å². The zero-order chi connectivity index (χ0) is 19.8. The van der Waals surface area contributed by atoms with Crippen LogP contribution in [0, 0.1) is 19.8 Å². The molecule has 29 heavy (non-hydrogen) atoms. The van der Waals surface area contributed by atoms with Gasteiger partial charge in [-0.25, -0.2) is 0 Å². The maximum absolute atomic E-state index is 5.24. The number of rotatable bonds is 5. The first-order valence-corrected chi connectivity index (χ1v) is 10.2. The van der Waals surface area contributed by atoms with Gasteiger partial charge in [-0.1, -0.05) is 17.3 Å². The first kappa shape index (κ1) is 18.1. The molecule has 4 aromatic rings. The smallest absolute Gasteiger partial charge is 0.143 e. The molecule has 1 saturated heterocycles. The molecule has 1 aliphatic heterocycles. The minimum atomic E-state index is 0.628. The van der Waals surface area contributed by atoms with E-state index in [2.05, 4.69) is 49.3 Å². The lowest BCUT2D eigenvalue weighted by Gasteiger charge is -2.16. The van der Waals surface area contributed by atoms with Crippen LogP contribution in [0.1, 0.15) is 29.1 Å². The molecule has 1 atom stereocenters. The van der Waals surface area contributed by atoms with E-state index in [1.54, 1.807) is 0 Å². The Morgan fingerprint density at radius 3 is 2.90 bits per heavy atom. The SMILES string of the molecule is Cc1noc(C)c1-c1cnc(CC2CCN(Cc3ccc4cc[nH]c4c3)C2)cn1. The standard InChI is InChI=1S/C23H25N5O/c1-15-23(16(2)29-27-15)22-12-25-20(11-26-22)9-18-6-8-28(14-18)13-17-3-4-19-5-7-24-21(19)10-17/h3-5,7,10-12,18,24H,6,8-9,13-14H2,1-2H3. The molecular weight excluding hydrogens is 362 g/mol. The van der Waals surface area contributed by atoms with E-state index in [-0.39, 0.29) is 0 Å². The highest BCUT2D eigenvalue weighted by atomic mass is 16.5. The molecule has 148 valence electrons. The number of hydrogen-bond donors (Lipinski definition) is 1. The molecule has 6 nitrogen and oxygen atoms in total. The molecular formula is C23H25N5O. The van der Waals surface area contributed by atoms with Gasteiger partial charge in [0.25, 0.3) is 0 Å². The number of nitrogens with one attached hydrogen (secondary N) is 1. The van der Waals surface area contributed by atoms with E-state index < -0.39 is 0 Å². The number of aromatic amines is 1. The third kappa shape index (κ3) is 3.68. The highest BCUT2D eigenvalue weighted by Gasteiger charge is 2.23. The summed E-state index contributed by atoms with van der Waals surface area (Å²) in [6.07, 6.45) is 7.93. The molecule has 5 rings (SSSR count). The van der Waals surface area contributed by atoms with Gasteiger partial charge in [-0.2, -0.15) is 0 Å². The maximum Gasteiger partial charge on any atom is 0.143 e. The van der Waals surface area contributed by atoms with Crippen molar-refractivity contribution in [2.24, 2.45) is 5.92 Å². The lowest BCUT2D eigenvalue weighted by Crippen LogP contribution is -2.20. The summed E-state index contributed by atoms with van der Waals surface area (Å²) in [6, 6.07) is 8.82. The molecule has 0 saturated carbocycles. The Hall–Kier alpha value is -2.99. The van der Waals surface area contributed by atoms with Crippen molar-refractivity contribution in [1.29, 1.82) is 0 Å². The fraction of sp³-hybridized carbons (Fsp3) is 0.348. The number of nitrogens with zero attached hydrogens (tertiary/aromatic N) is 4. The minimum Gasteiger partial charge on any atom is -0.361 e. The first-order valence-electron chi connectivity index (χ1n) is 10.2. The quantitative estimate of drug-likeness (QED) is 0.553. The second kappa shape index (κ2) is 7.44. The Morgan fingerprint density at radius 2 is 2.10 bits per heavy atom. The second-order valence-electron chi connectivity index (χ2n) is 8.09. The first-order chi connectivity index (χ1) is 14.2. The van der Waals surface area contributed by atoms with E-state index in [1.165, 1.54) is 22.9 Å². The van der Waals surface area contributed by atoms with Crippen molar-refractivity contribution in [2.45, 2.75) is 33.2 Å². The van der Waals surface area contributed by atoms with Crippen LogP contribution in [0.4, 0.5) is 0 Å². The van der Waals surface area contributed by atoms with Crippen molar-refractivity contribution in [1.82, 2.24) is 25.0 Å². The summed E-state index contributed by atoms with van der Waals surface area (Å²) in [7, 11) is 0. The van der Waals surface area contributed by atoms with Crippen molar-refractivity contribution in [2.75, 3.05) is 13.1 Å². The Balaban J connectivity index is 1.20. The average Bonchev–Trinajstić information content (AvgIpc) is 3.44. The van der Waals surface area contributed by atoms with Gasteiger partial charge in [0.05, 0.1) is 28.8 Å². The molecule has 1 unspecified atom stereocenters. The van der Waals surface area contributed by atoms with Crippen LogP contribution in [0.2, 0.25) is 0 Å². The van der Waals surface area contributed by atoms with E-state index in [0.717, 1.165) is 54.5 Å². The lowest BCUT2D eigenvalue weighted by atomic mass is 10.0. The third-order valence-electron chi connectivity index (χ3n) is 5.89. The van der Waals surface area contributed by atoms with Crippen LogP contribution in [0.25, 0.3) is 22.2 Å². The van der Waals surface area contributed by atoms with Gasteiger partial charge in [0.15, 0.2) is 0 Å². The molecule has 0 bridgehead atoms. The van der Waals surface area contributed by atoms with Gasteiger partial charge in [0.2, 0.25) is 0 Å². The monoisotopic (exact) mass is 387 g/mol. The Morgan fingerprint density at radius 1 is 1.17 bits per heavy atom. The zero-order valence-electron chi connectivity index (χ0n) is 16.9.